The molecule has 1 atom stereocenters. The Morgan fingerprint density at radius 1 is 1.32 bits per heavy atom. The van der Waals surface area contributed by atoms with Crippen molar-refractivity contribution >= 4 is 17.6 Å². The molecule has 0 radical (unpaired) electrons. The molecule has 0 spiro atoms. The highest BCUT2D eigenvalue weighted by molar-refractivity contribution is 5.77. The van der Waals surface area contributed by atoms with Gasteiger partial charge in [-0.2, -0.15) is 0 Å². The normalized spacial score (nSPS) is 10.9. The van der Waals surface area contributed by atoms with Gasteiger partial charge < -0.3 is 21.3 Å². The Balaban J connectivity index is 0.000000555. The number of carboxylic acids is 2. The second kappa shape index (κ2) is 8.10. The van der Waals surface area contributed by atoms with Gasteiger partial charge >= 0.3 is 11.9 Å². The van der Waals surface area contributed by atoms with Gasteiger partial charge in [0.1, 0.15) is 6.04 Å². The van der Waals surface area contributed by atoms with E-state index in [1.807, 2.05) is 32.0 Å². The summed E-state index contributed by atoms with van der Waals surface area (Å²) < 4.78 is 0. The molecule has 0 aliphatic carbocycles. The highest BCUT2D eigenvalue weighted by Crippen LogP contribution is 2.18. The van der Waals surface area contributed by atoms with Gasteiger partial charge in [-0.1, -0.05) is 12.1 Å². The molecule has 6 heteroatoms. The molecule has 0 fully saturated rings. The van der Waals surface area contributed by atoms with Crippen molar-refractivity contribution in [3.8, 4) is 0 Å². The third-order valence-corrected chi connectivity index (χ3v) is 2.52. The molecular formula is C13H20N2O4. The third kappa shape index (κ3) is 6.42. The summed E-state index contributed by atoms with van der Waals surface area (Å²) in [5.41, 5.74) is 7.72. The topological polar surface area (TPSA) is 113 Å². The summed E-state index contributed by atoms with van der Waals surface area (Å²) in [6.07, 6.45) is 0. The third-order valence-electron chi connectivity index (χ3n) is 2.52. The number of rotatable bonds is 4. The van der Waals surface area contributed by atoms with E-state index < -0.39 is 18.0 Å². The molecule has 0 aromatic heterocycles. The van der Waals surface area contributed by atoms with Crippen LogP contribution in [0.3, 0.4) is 0 Å². The molecule has 19 heavy (non-hydrogen) atoms. The minimum absolute atomic E-state index is 0.278. The van der Waals surface area contributed by atoms with E-state index in [1.165, 1.54) is 0 Å². The van der Waals surface area contributed by atoms with Crippen LogP contribution in [-0.4, -0.2) is 34.7 Å². The summed E-state index contributed by atoms with van der Waals surface area (Å²) in [6, 6.07) is 5.25. The maximum Gasteiger partial charge on any atom is 0.325 e. The Hall–Kier alpha value is -2.08. The van der Waals surface area contributed by atoms with Crippen molar-refractivity contribution in [1.29, 1.82) is 0 Å². The van der Waals surface area contributed by atoms with E-state index in [0.29, 0.717) is 0 Å². The average molecular weight is 268 g/mol. The van der Waals surface area contributed by atoms with Gasteiger partial charge in [0, 0.05) is 5.69 Å². The van der Waals surface area contributed by atoms with Gasteiger partial charge in [0.05, 0.1) is 6.54 Å². The summed E-state index contributed by atoms with van der Waals surface area (Å²) in [4.78, 5) is 19.9. The lowest BCUT2D eigenvalue weighted by atomic mass is 10.1. The van der Waals surface area contributed by atoms with Gasteiger partial charge in [0.25, 0.3) is 0 Å². The van der Waals surface area contributed by atoms with E-state index in [1.54, 1.807) is 6.92 Å². The second-order valence-corrected chi connectivity index (χ2v) is 4.05. The van der Waals surface area contributed by atoms with E-state index in [0.717, 1.165) is 16.8 Å². The molecule has 0 saturated heterocycles. The maximum atomic E-state index is 10.6. The molecule has 0 amide bonds. The molecule has 106 valence electrons. The van der Waals surface area contributed by atoms with Gasteiger partial charge in [-0.15, -0.1) is 0 Å². The van der Waals surface area contributed by atoms with Crippen molar-refractivity contribution < 1.29 is 19.8 Å². The molecule has 0 saturated carbocycles. The van der Waals surface area contributed by atoms with E-state index in [9.17, 15) is 9.59 Å². The first kappa shape index (κ1) is 16.9. The first-order chi connectivity index (χ1) is 8.79. The minimum atomic E-state index is -0.968. The number of benzene rings is 1. The fourth-order valence-electron chi connectivity index (χ4n) is 1.20. The number of aliphatic carboxylic acids is 2. The predicted octanol–water partition coefficient (Wildman–Crippen LogP) is 1.22. The molecule has 0 heterocycles. The number of hydrogen-bond acceptors (Lipinski definition) is 4. The fraction of sp³-hybridized carbons (Fsp3) is 0.385. The number of anilines is 1. The Kier molecular flexibility index (Phi) is 7.21. The quantitative estimate of drug-likeness (QED) is 0.653. The van der Waals surface area contributed by atoms with E-state index in [2.05, 4.69) is 11.1 Å². The van der Waals surface area contributed by atoms with Gasteiger partial charge in [0.15, 0.2) is 0 Å². The summed E-state index contributed by atoms with van der Waals surface area (Å²) in [7, 11) is 0. The van der Waals surface area contributed by atoms with Crippen molar-refractivity contribution in [1.82, 2.24) is 0 Å². The molecular weight excluding hydrogens is 248 g/mol. The number of aryl methyl sites for hydroxylation is 1. The van der Waals surface area contributed by atoms with Crippen LogP contribution in [0.15, 0.2) is 18.2 Å². The highest BCUT2D eigenvalue weighted by Gasteiger charge is 2.11. The molecule has 0 bridgehead atoms. The Morgan fingerprint density at radius 3 is 2.26 bits per heavy atom. The summed E-state index contributed by atoms with van der Waals surface area (Å²) >= 11 is 0. The first-order valence-electron chi connectivity index (χ1n) is 5.77. The lowest BCUT2D eigenvalue weighted by molar-refractivity contribution is -0.137. The van der Waals surface area contributed by atoms with Crippen LogP contribution in [0.25, 0.3) is 0 Å². The summed E-state index contributed by atoms with van der Waals surface area (Å²) in [5, 5.41) is 19.3. The van der Waals surface area contributed by atoms with Crippen molar-refractivity contribution in [2.24, 2.45) is 5.73 Å². The molecule has 6 nitrogen and oxygen atoms in total. The monoisotopic (exact) mass is 268 g/mol. The molecule has 0 aliphatic rings. The number of carboxylic acid groups (broad SMARTS) is 2. The van der Waals surface area contributed by atoms with E-state index in [4.69, 9.17) is 10.2 Å². The second-order valence-electron chi connectivity index (χ2n) is 4.05. The van der Waals surface area contributed by atoms with Crippen molar-refractivity contribution in [2.45, 2.75) is 26.8 Å². The van der Waals surface area contributed by atoms with E-state index >= 15 is 0 Å². The molecule has 1 aromatic rings. The highest BCUT2D eigenvalue weighted by atomic mass is 16.4. The largest absolute Gasteiger partial charge is 0.480 e. The van der Waals surface area contributed by atoms with Crippen LogP contribution in [0.1, 0.15) is 18.1 Å². The molecule has 5 N–H and O–H groups in total. The van der Waals surface area contributed by atoms with Crippen LogP contribution in [-0.2, 0) is 9.59 Å². The van der Waals surface area contributed by atoms with Crippen molar-refractivity contribution in [3.05, 3.63) is 29.3 Å². The van der Waals surface area contributed by atoms with Gasteiger partial charge in [-0.25, -0.2) is 0 Å². The fourth-order valence-corrected chi connectivity index (χ4v) is 1.20. The average Bonchev–Trinajstić information content (AvgIpc) is 2.35. The molecule has 1 aromatic carbocycles. The minimum Gasteiger partial charge on any atom is -0.480 e. The zero-order valence-electron chi connectivity index (χ0n) is 11.3. The molecule has 1 rings (SSSR count). The number of nitrogens with one attached hydrogen (secondary N) is 1. The SMILES string of the molecule is Cc1cccc(N[C@@H](C)C(=O)O)c1C.NCC(=O)O. The van der Waals surface area contributed by atoms with Crippen molar-refractivity contribution in [2.75, 3.05) is 11.9 Å². The van der Waals surface area contributed by atoms with Crippen LogP contribution in [0, 0.1) is 13.8 Å². The van der Waals surface area contributed by atoms with Crippen LogP contribution in [0.2, 0.25) is 0 Å². The van der Waals surface area contributed by atoms with Crippen LogP contribution >= 0.6 is 0 Å². The van der Waals surface area contributed by atoms with Crippen molar-refractivity contribution in [3.63, 3.8) is 0 Å². The first-order valence-corrected chi connectivity index (χ1v) is 5.77. The van der Waals surface area contributed by atoms with Crippen LogP contribution < -0.4 is 11.1 Å². The van der Waals surface area contributed by atoms with Gasteiger partial charge in [0.2, 0.25) is 0 Å². The molecule has 0 unspecified atom stereocenters. The van der Waals surface area contributed by atoms with Gasteiger partial charge in [-0.05, 0) is 38.0 Å². The molecule has 0 aliphatic heterocycles. The summed E-state index contributed by atoms with van der Waals surface area (Å²) in [6.45, 7) is 5.34. The maximum absolute atomic E-state index is 10.6. The van der Waals surface area contributed by atoms with Crippen LogP contribution in [0.5, 0.6) is 0 Å². The van der Waals surface area contributed by atoms with Crippen LogP contribution in [0.4, 0.5) is 5.69 Å². The summed E-state index contributed by atoms with van der Waals surface area (Å²) in [5.74, 6) is -1.81. The Labute approximate surface area is 112 Å². The predicted molar refractivity (Wildman–Crippen MR) is 73.3 cm³/mol. The lowest BCUT2D eigenvalue weighted by Crippen LogP contribution is -2.25. The lowest BCUT2D eigenvalue weighted by Gasteiger charge is -2.14. The van der Waals surface area contributed by atoms with Gasteiger partial charge in [-0.3, -0.25) is 9.59 Å². The smallest absolute Gasteiger partial charge is 0.325 e. The zero-order valence-corrected chi connectivity index (χ0v) is 11.3. The van der Waals surface area contributed by atoms with E-state index in [-0.39, 0.29) is 6.54 Å². The number of hydrogen-bond donors (Lipinski definition) is 4. The number of carbonyl (C=O) groups is 2. The Morgan fingerprint density at radius 2 is 1.84 bits per heavy atom. The number of nitrogens with two attached hydrogens (primary N) is 1. The Bertz CT molecular complexity index is 446. The zero-order chi connectivity index (χ0) is 15.0. The standard InChI is InChI=1S/C11H15NO2.C2H5NO2/c1-7-5-4-6-10(8(7)2)12-9(3)11(13)14;3-1-2(4)5/h4-6,9,12H,1-3H3,(H,13,14);1,3H2,(H,4,5)/t9-;/m0./s1.